The van der Waals surface area contributed by atoms with E-state index in [9.17, 15) is 18.0 Å². The zero-order chi connectivity index (χ0) is 31.7. The number of sulfonamides is 1. The van der Waals surface area contributed by atoms with Crippen molar-refractivity contribution in [3.8, 4) is 5.75 Å². The smallest absolute Gasteiger partial charge is 0.264 e. The minimum Gasteiger partial charge on any atom is -0.497 e. The van der Waals surface area contributed by atoms with Crippen LogP contribution in [-0.2, 0) is 32.6 Å². The number of rotatable bonds is 13. The second-order valence-corrected chi connectivity index (χ2v) is 13.7. The van der Waals surface area contributed by atoms with Gasteiger partial charge in [-0.25, -0.2) is 8.42 Å². The molecule has 0 saturated heterocycles. The van der Waals surface area contributed by atoms with Gasteiger partial charge in [-0.05, 0) is 96.1 Å². The molecule has 1 N–H and O–H groups in total. The summed E-state index contributed by atoms with van der Waals surface area (Å²) in [7, 11) is -2.58. The summed E-state index contributed by atoms with van der Waals surface area (Å²) in [6, 6.07) is 30.6. The number of halogens is 1. The molecule has 4 aromatic carbocycles. The Morgan fingerprint density at radius 2 is 1.45 bits per heavy atom. The monoisotopic (exact) mass is 725 g/mol. The van der Waals surface area contributed by atoms with Crippen LogP contribution < -0.4 is 14.4 Å². The zero-order valence-electron chi connectivity index (χ0n) is 24.9. The van der Waals surface area contributed by atoms with Crippen LogP contribution in [0.1, 0.15) is 25.0 Å². The molecule has 2 amide bonds. The first kappa shape index (κ1) is 33.0. The van der Waals surface area contributed by atoms with Gasteiger partial charge < -0.3 is 15.0 Å². The number of nitrogens with zero attached hydrogens (tertiary/aromatic N) is 2. The van der Waals surface area contributed by atoms with Crippen molar-refractivity contribution in [2.24, 2.45) is 0 Å². The summed E-state index contributed by atoms with van der Waals surface area (Å²) in [5.74, 6) is -0.245. The van der Waals surface area contributed by atoms with Gasteiger partial charge in [0.05, 0.1) is 17.7 Å². The summed E-state index contributed by atoms with van der Waals surface area (Å²) < 4.78 is 35.5. The van der Waals surface area contributed by atoms with E-state index in [2.05, 4.69) is 27.9 Å². The van der Waals surface area contributed by atoms with E-state index in [1.165, 1.54) is 17.0 Å². The Bertz CT molecular complexity index is 1650. The summed E-state index contributed by atoms with van der Waals surface area (Å²) in [4.78, 5) is 29.8. The summed E-state index contributed by atoms with van der Waals surface area (Å²) in [6.45, 7) is 3.26. The van der Waals surface area contributed by atoms with Gasteiger partial charge in [-0.1, -0.05) is 60.7 Å². The third-order valence-corrected chi connectivity index (χ3v) is 9.42. The number of ether oxygens (including phenoxy) is 1. The van der Waals surface area contributed by atoms with E-state index in [1.54, 1.807) is 61.7 Å². The number of methoxy groups -OCH3 is 1. The van der Waals surface area contributed by atoms with Crippen molar-refractivity contribution < 1.29 is 22.7 Å². The van der Waals surface area contributed by atoms with Crippen LogP contribution in [0.3, 0.4) is 0 Å². The summed E-state index contributed by atoms with van der Waals surface area (Å²) in [5, 5.41) is 2.96. The number of benzene rings is 4. The molecular weight excluding hydrogens is 689 g/mol. The molecule has 1 atom stereocenters. The number of hydrogen-bond donors (Lipinski definition) is 1. The summed E-state index contributed by atoms with van der Waals surface area (Å²) in [6.07, 6.45) is 0.240. The van der Waals surface area contributed by atoms with Crippen molar-refractivity contribution in [3.63, 3.8) is 0 Å². The molecule has 0 fully saturated rings. The molecule has 8 nitrogen and oxygen atoms in total. The maximum atomic E-state index is 14.5. The topological polar surface area (TPSA) is 96.0 Å². The first-order valence-corrected chi connectivity index (χ1v) is 16.7. The first-order valence-electron chi connectivity index (χ1n) is 14.2. The number of nitrogens with one attached hydrogen (secondary N) is 1. The van der Waals surface area contributed by atoms with Crippen LogP contribution >= 0.6 is 22.6 Å². The average Bonchev–Trinajstić information content (AvgIpc) is 3.02. The highest BCUT2D eigenvalue weighted by Gasteiger charge is 2.34. The molecule has 4 aromatic rings. The fraction of sp³-hybridized carbons (Fsp3) is 0.235. The fourth-order valence-electron chi connectivity index (χ4n) is 4.76. The van der Waals surface area contributed by atoms with Gasteiger partial charge in [0.25, 0.3) is 10.0 Å². The highest BCUT2D eigenvalue weighted by Crippen LogP contribution is 2.26. The van der Waals surface area contributed by atoms with Crippen LogP contribution in [0.25, 0.3) is 0 Å². The molecule has 0 aliphatic heterocycles. The van der Waals surface area contributed by atoms with Crippen molar-refractivity contribution in [1.82, 2.24) is 10.2 Å². The maximum absolute atomic E-state index is 14.5. The maximum Gasteiger partial charge on any atom is 0.264 e. The Balaban J connectivity index is 1.80. The molecule has 0 heterocycles. The third-order valence-electron chi connectivity index (χ3n) is 6.91. The lowest BCUT2D eigenvalue weighted by Crippen LogP contribution is -2.54. The van der Waals surface area contributed by atoms with Gasteiger partial charge >= 0.3 is 0 Å². The van der Waals surface area contributed by atoms with Gasteiger partial charge in [0.15, 0.2) is 0 Å². The predicted octanol–water partition coefficient (Wildman–Crippen LogP) is 5.66. The van der Waals surface area contributed by atoms with E-state index in [1.807, 2.05) is 56.3 Å². The Kier molecular flexibility index (Phi) is 11.4. The molecule has 0 unspecified atom stereocenters. The minimum absolute atomic E-state index is 0.0593. The van der Waals surface area contributed by atoms with Crippen molar-refractivity contribution in [3.05, 3.63) is 124 Å². The molecule has 0 aromatic heterocycles. The number of carbonyl (C=O) groups excluding carboxylic acids is 2. The van der Waals surface area contributed by atoms with Gasteiger partial charge in [-0.3, -0.25) is 13.9 Å². The molecule has 10 heteroatoms. The molecule has 44 heavy (non-hydrogen) atoms. The first-order chi connectivity index (χ1) is 21.1. The summed E-state index contributed by atoms with van der Waals surface area (Å²) >= 11 is 2.14. The second kappa shape index (κ2) is 15.2. The van der Waals surface area contributed by atoms with E-state index < -0.39 is 28.5 Å². The van der Waals surface area contributed by atoms with Crippen LogP contribution in [0.15, 0.2) is 114 Å². The minimum atomic E-state index is -4.14. The molecule has 230 valence electrons. The van der Waals surface area contributed by atoms with Gasteiger partial charge in [-0.15, -0.1) is 0 Å². The van der Waals surface area contributed by atoms with Gasteiger partial charge in [0.1, 0.15) is 18.3 Å². The third kappa shape index (κ3) is 8.60. The van der Waals surface area contributed by atoms with Crippen molar-refractivity contribution in [2.45, 2.75) is 43.8 Å². The van der Waals surface area contributed by atoms with E-state index in [0.717, 1.165) is 19.0 Å². The van der Waals surface area contributed by atoms with E-state index in [-0.39, 0.29) is 29.8 Å². The predicted molar refractivity (Wildman–Crippen MR) is 181 cm³/mol. The van der Waals surface area contributed by atoms with Gasteiger partial charge in [0, 0.05) is 22.6 Å². The second-order valence-electron chi connectivity index (χ2n) is 10.5. The molecule has 0 aliphatic carbocycles. The largest absolute Gasteiger partial charge is 0.497 e. The zero-order valence-corrected chi connectivity index (χ0v) is 27.9. The Morgan fingerprint density at radius 3 is 2.07 bits per heavy atom. The number of amides is 2. The molecule has 0 aliphatic rings. The molecular formula is C34H36IN3O5S. The lowest BCUT2D eigenvalue weighted by atomic mass is 10.0. The lowest BCUT2D eigenvalue weighted by Gasteiger charge is -2.34. The standard InChI is InChI=1S/C34H36IN3O5S/c1-25(2)36-34(40)32(22-26-11-6-4-7-12-26)37(23-27-13-10-14-30(21-27)43-3)33(39)24-38(29-19-17-28(35)18-20-29)44(41,42)31-15-8-5-9-16-31/h4-21,25,32H,22-24H2,1-3H3,(H,36,40)/t32-/m0/s1. The number of anilines is 1. The van der Waals surface area contributed by atoms with Crippen molar-refractivity contribution in [1.29, 1.82) is 0 Å². The molecule has 0 radical (unpaired) electrons. The molecule has 0 saturated carbocycles. The average molecular weight is 726 g/mol. The number of carbonyl (C=O) groups is 2. The molecule has 4 rings (SSSR count). The molecule has 0 bridgehead atoms. The van der Waals surface area contributed by atoms with Gasteiger partial charge in [0.2, 0.25) is 11.8 Å². The quantitative estimate of drug-likeness (QED) is 0.180. The highest BCUT2D eigenvalue weighted by atomic mass is 127. The van der Waals surface area contributed by atoms with Crippen molar-refractivity contribution in [2.75, 3.05) is 18.0 Å². The highest BCUT2D eigenvalue weighted by molar-refractivity contribution is 14.1. The summed E-state index contributed by atoms with van der Waals surface area (Å²) in [5.41, 5.74) is 1.95. The number of hydrogen-bond acceptors (Lipinski definition) is 5. The van der Waals surface area contributed by atoms with Crippen LogP contribution in [0.2, 0.25) is 0 Å². The fourth-order valence-corrected chi connectivity index (χ4v) is 6.55. The van der Waals surface area contributed by atoms with Gasteiger partial charge in [-0.2, -0.15) is 0 Å². The van der Waals surface area contributed by atoms with Crippen LogP contribution in [0.5, 0.6) is 5.75 Å². The lowest BCUT2D eigenvalue weighted by molar-refractivity contribution is -0.140. The van der Waals surface area contributed by atoms with E-state index >= 15 is 0 Å². The van der Waals surface area contributed by atoms with E-state index in [0.29, 0.717) is 11.4 Å². The van der Waals surface area contributed by atoms with Crippen LogP contribution in [0, 0.1) is 3.57 Å². The molecule has 0 spiro atoms. The van der Waals surface area contributed by atoms with Crippen LogP contribution in [0.4, 0.5) is 5.69 Å². The Morgan fingerprint density at radius 1 is 0.841 bits per heavy atom. The van der Waals surface area contributed by atoms with Crippen LogP contribution in [-0.4, -0.2) is 50.9 Å². The van der Waals surface area contributed by atoms with Crippen molar-refractivity contribution >= 4 is 50.1 Å². The normalized spacial score (nSPS) is 11.9. The SMILES string of the molecule is COc1cccc(CN(C(=O)CN(c2ccc(I)cc2)S(=O)(=O)c2ccccc2)[C@@H](Cc2ccccc2)C(=O)NC(C)C)c1. The Hall–Kier alpha value is -3.90. The van der Waals surface area contributed by atoms with E-state index in [4.69, 9.17) is 4.74 Å². The Labute approximate surface area is 273 Å².